The molecule has 16 rings (SSSR count). The molecule has 0 saturated carbocycles. The number of carbonyl (C=O) groups excluding carboxylic acids is 3. The molecule has 5 aliphatic heterocycles. The number of piperazine rings is 2. The van der Waals surface area contributed by atoms with E-state index in [2.05, 4.69) is 120 Å². The molecular weight excluding hydrogens is 1610 g/mol. The lowest BCUT2D eigenvalue weighted by atomic mass is 10.1. The number of carbonyl (C=O) groups is 3. The smallest absolute Gasteiger partial charge is 0.409 e. The number of hydrogen-bond acceptors (Lipinski definition) is 26. The first-order valence-corrected chi connectivity index (χ1v) is 42.9. The number of nitrogens with zero attached hydrogens (tertiary/aromatic N) is 10. The van der Waals surface area contributed by atoms with Crippen molar-refractivity contribution in [2.24, 2.45) is 0 Å². The van der Waals surface area contributed by atoms with Crippen molar-refractivity contribution in [2.75, 3.05) is 127 Å². The van der Waals surface area contributed by atoms with Gasteiger partial charge < -0.3 is 76.9 Å². The summed E-state index contributed by atoms with van der Waals surface area (Å²) in [5.41, 5.74) is 12.5. The van der Waals surface area contributed by atoms with Crippen LogP contribution in [0.25, 0.3) is 11.8 Å². The Morgan fingerprint density at radius 1 is 0.451 bits per heavy atom. The maximum Gasteiger partial charge on any atom is 0.409 e. The lowest BCUT2D eigenvalue weighted by Crippen LogP contribution is -2.50. The van der Waals surface area contributed by atoms with Gasteiger partial charge in [-0.15, -0.1) is 34.0 Å². The highest BCUT2D eigenvalue weighted by Crippen LogP contribution is 2.38. The van der Waals surface area contributed by atoms with Crippen LogP contribution in [0.2, 0.25) is 0 Å². The van der Waals surface area contributed by atoms with E-state index in [0.29, 0.717) is 103 Å². The van der Waals surface area contributed by atoms with Crippen LogP contribution >= 0.6 is 34.0 Å². The first-order valence-electron chi connectivity index (χ1n) is 40.3. The number of aromatic nitrogens is 3. The molecular formula is C93H101N11O15S3. The minimum atomic E-state index is -0.341. The van der Waals surface area contributed by atoms with Crippen LogP contribution in [0, 0.1) is 6.92 Å². The summed E-state index contributed by atoms with van der Waals surface area (Å²) in [5, 5.41) is 11.4. The molecule has 2 saturated heterocycles. The minimum Gasteiger partial charge on any atom is -0.497 e. The summed E-state index contributed by atoms with van der Waals surface area (Å²) in [6.07, 6.45) is 4.11. The first-order chi connectivity index (χ1) is 59.6. The lowest BCUT2D eigenvalue weighted by molar-refractivity contribution is 0.0566. The van der Waals surface area contributed by atoms with Crippen molar-refractivity contribution in [3.05, 3.63) is 275 Å². The number of fused-ring (bicyclic) bond motifs is 3. The third-order valence-corrected chi connectivity index (χ3v) is 23.5. The lowest BCUT2D eigenvalue weighted by Gasteiger charge is -2.36. The van der Waals surface area contributed by atoms with Gasteiger partial charge >= 0.3 is 6.09 Å². The van der Waals surface area contributed by atoms with Crippen LogP contribution in [-0.4, -0.2) is 189 Å². The predicted molar refractivity (Wildman–Crippen MR) is 471 cm³/mol. The van der Waals surface area contributed by atoms with Crippen molar-refractivity contribution in [3.8, 4) is 63.2 Å². The maximum atomic E-state index is 13.2. The first kappa shape index (κ1) is 86.2. The molecule has 5 aliphatic rings. The Morgan fingerprint density at radius 2 is 0.885 bits per heavy atom. The van der Waals surface area contributed by atoms with Crippen LogP contribution in [0.15, 0.2) is 199 Å². The largest absolute Gasteiger partial charge is 0.497 e. The van der Waals surface area contributed by atoms with Crippen molar-refractivity contribution in [2.45, 2.75) is 72.8 Å². The second kappa shape index (κ2) is 42.3. The molecule has 0 unspecified atom stereocenters. The van der Waals surface area contributed by atoms with E-state index in [1.807, 2.05) is 127 Å². The Bertz CT molecular complexity index is 5360. The van der Waals surface area contributed by atoms with E-state index in [0.717, 1.165) is 167 Å². The highest BCUT2D eigenvalue weighted by molar-refractivity contribution is 7.10. The molecule has 11 aromatic rings. The molecule has 8 aromatic carbocycles. The summed E-state index contributed by atoms with van der Waals surface area (Å²) in [7, 11) is 8.29. The summed E-state index contributed by atoms with van der Waals surface area (Å²) in [6, 6.07) is 56.1. The summed E-state index contributed by atoms with van der Waals surface area (Å²) in [6.45, 7) is 21.7. The van der Waals surface area contributed by atoms with Gasteiger partial charge in [0.25, 0.3) is 11.8 Å². The fourth-order valence-electron chi connectivity index (χ4n) is 14.5. The number of aryl methyl sites for hydroxylation is 1. The van der Waals surface area contributed by atoms with Crippen molar-refractivity contribution < 1.29 is 71.2 Å². The number of hydrogen-bond donors (Lipinski definition) is 1. The second-order valence-corrected chi connectivity index (χ2v) is 32.3. The molecule has 3 amide bonds. The topological polar surface area (TPSA) is 235 Å². The number of rotatable bonds is 32. The van der Waals surface area contributed by atoms with Gasteiger partial charge in [-0.05, 0) is 114 Å². The number of thiazole rings is 3. The van der Waals surface area contributed by atoms with Gasteiger partial charge in [-0.3, -0.25) is 29.2 Å². The maximum absolute atomic E-state index is 13.2. The van der Waals surface area contributed by atoms with Crippen LogP contribution in [0.1, 0.15) is 93.1 Å². The van der Waals surface area contributed by atoms with Crippen molar-refractivity contribution in [3.63, 3.8) is 0 Å². The van der Waals surface area contributed by atoms with E-state index < -0.39 is 0 Å². The minimum absolute atomic E-state index is 0.129. The van der Waals surface area contributed by atoms with Crippen molar-refractivity contribution >= 4 is 69.4 Å². The van der Waals surface area contributed by atoms with Gasteiger partial charge in [0.05, 0.1) is 73.2 Å². The Morgan fingerprint density at radius 3 is 1.39 bits per heavy atom. The van der Waals surface area contributed by atoms with Gasteiger partial charge in [-0.25, -0.2) is 19.7 Å². The van der Waals surface area contributed by atoms with E-state index >= 15 is 0 Å². The fourth-order valence-corrected chi connectivity index (χ4v) is 16.9. The molecule has 636 valence electrons. The number of nitrogens with one attached hydrogen (secondary N) is 1. The van der Waals surface area contributed by atoms with Crippen molar-refractivity contribution in [1.29, 1.82) is 0 Å². The van der Waals surface area contributed by atoms with Crippen LogP contribution in [0.3, 0.4) is 0 Å². The van der Waals surface area contributed by atoms with Crippen LogP contribution in [0.4, 0.5) is 10.5 Å². The molecule has 8 heterocycles. The molecule has 2 fully saturated rings. The van der Waals surface area contributed by atoms with Gasteiger partial charge in [-0.1, -0.05) is 109 Å². The SMILES string of the molecule is C=C(c1csc(CN(Cc2ccc3c(c2)OCO3)Cc2ccc(OC)cc2OC)n1)N1CCN(C/C=C/c2ccccc2)CC1.CCOC(=O)N1CCN(C(=O)c2csc(CN(Cc3ccc4c(c3)OCO4)Cc3ccc(OC)cc3OC)n2)CC1.COc1ccc(CN(Cc2ccc3c(c2)OCO3)Cc2nc(C(=O)Nc3ccc(C)cc3)cs2)cc1. The summed E-state index contributed by atoms with van der Waals surface area (Å²) < 4.78 is 65.8. The molecule has 0 spiro atoms. The zero-order valence-electron chi connectivity index (χ0n) is 69.6. The normalized spacial score (nSPS) is 13.8. The molecule has 122 heavy (non-hydrogen) atoms. The Labute approximate surface area is 723 Å². The quantitative estimate of drug-likeness (QED) is 0.0412. The average molecular weight is 1710 g/mol. The highest BCUT2D eigenvalue weighted by atomic mass is 32.1. The number of ether oxygens (including phenoxy) is 12. The molecule has 29 heteroatoms. The standard InChI is InChI=1S/C36H40N4O4S.C29H34N4O7S.C28H27N3O4S/c1-27(40-18-16-38(17-19-40)15-7-10-28-8-5-4-6-9-28)32-25-45-36(37-32)24-39(22-29-11-14-33-35(20-29)44-26-43-33)23-30-12-13-31(41-2)21-34(30)42-3;1-4-38-29(35)33-11-9-32(10-12-33)28(34)23-18-41-27(30-23)17-31(15-20-5-8-24-26(13-20)40-19-39-24)16-21-6-7-22(36-2)14-25(21)37-3;1-19-3-8-22(9-4-19)29-28(32)24-17-36-27(30-24)16-31(14-20-5-10-23(33-2)11-6-20)15-21-7-12-25-26(13-21)35-18-34-25/h4-14,20-21,25H,1,15-19,22-24,26H2,2-3H3;5-8,13-14,18H,4,9-12,15-17,19H2,1-3H3;3-13,17H,14-16,18H2,1-2H3,(H,29,32)/b10-7+;;. The number of amides is 3. The van der Waals surface area contributed by atoms with Crippen LogP contribution < -0.4 is 57.4 Å². The number of methoxy groups -OCH3 is 5. The summed E-state index contributed by atoms with van der Waals surface area (Å²) in [4.78, 5) is 67.4. The van der Waals surface area contributed by atoms with Gasteiger partial charge in [0.1, 0.15) is 55.2 Å². The summed E-state index contributed by atoms with van der Waals surface area (Å²) >= 11 is 4.63. The number of benzene rings is 8. The molecule has 1 N–H and O–H groups in total. The van der Waals surface area contributed by atoms with Gasteiger partial charge in [0, 0.05) is 143 Å². The molecule has 0 atom stereocenters. The fraction of sp³-hybridized carbons (Fsp3) is 0.312. The van der Waals surface area contributed by atoms with E-state index in [1.54, 1.807) is 63.6 Å². The Balaban J connectivity index is 0.000000150. The van der Waals surface area contributed by atoms with E-state index in [9.17, 15) is 14.4 Å². The molecule has 0 radical (unpaired) electrons. The van der Waals surface area contributed by atoms with Gasteiger partial charge in [0.2, 0.25) is 20.4 Å². The van der Waals surface area contributed by atoms with Crippen LogP contribution in [0.5, 0.6) is 63.2 Å². The highest BCUT2D eigenvalue weighted by Gasteiger charge is 2.29. The van der Waals surface area contributed by atoms with Gasteiger partial charge in [-0.2, -0.15) is 0 Å². The Hall–Kier alpha value is -12.2. The third-order valence-electron chi connectivity index (χ3n) is 21.0. The predicted octanol–water partition coefficient (Wildman–Crippen LogP) is 16.0. The summed E-state index contributed by atoms with van der Waals surface area (Å²) in [5.74, 6) is 8.09. The molecule has 0 aliphatic carbocycles. The third kappa shape index (κ3) is 23.5. The van der Waals surface area contributed by atoms with E-state index in [4.69, 9.17) is 66.8 Å². The monoisotopic (exact) mass is 1710 g/mol. The number of anilines is 1. The zero-order valence-corrected chi connectivity index (χ0v) is 72.1. The van der Waals surface area contributed by atoms with Crippen LogP contribution in [-0.2, 0) is 63.6 Å². The van der Waals surface area contributed by atoms with E-state index in [1.165, 1.54) is 28.2 Å². The molecule has 0 bridgehead atoms. The molecule has 26 nitrogen and oxygen atoms in total. The van der Waals surface area contributed by atoms with Gasteiger partial charge in [0.15, 0.2) is 34.5 Å². The average Bonchev–Trinajstić information content (AvgIpc) is 1.51. The zero-order chi connectivity index (χ0) is 84.7. The van der Waals surface area contributed by atoms with E-state index in [-0.39, 0.29) is 38.3 Å². The molecule has 3 aromatic heterocycles. The Kier molecular flexibility index (Phi) is 29.9. The second-order valence-electron chi connectivity index (χ2n) is 29.4. The van der Waals surface area contributed by atoms with Crippen molar-refractivity contribution in [1.82, 2.24) is 49.3 Å².